The number of pyridine rings is 1. The van der Waals surface area contributed by atoms with Crippen LogP contribution in [0.4, 0.5) is 0 Å². The number of aromatic nitrogens is 3. The molecule has 2 rings (SSSR count). The minimum Gasteiger partial charge on any atom is -0.461 e. The largest absolute Gasteiger partial charge is 0.461 e. The molecule has 2 aromatic rings. The van der Waals surface area contributed by atoms with E-state index in [1.807, 2.05) is 26.0 Å². The van der Waals surface area contributed by atoms with Crippen molar-refractivity contribution in [3.05, 3.63) is 41.6 Å². The lowest BCUT2D eigenvalue weighted by Crippen LogP contribution is -2.08. The second-order valence-electron chi connectivity index (χ2n) is 3.96. The Morgan fingerprint density at radius 1 is 1.33 bits per heavy atom. The molecule has 0 radical (unpaired) electrons. The number of hydrogen-bond acceptors (Lipinski definition) is 4. The van der Waals surface area contributed by atoms with Gasteiger partial charge in [-0.05, 0) is 32.4 Å². The van der Waals surface area contributed by atoms with Gasteiger partial charge in [-0.15, -0.1) is 0 Å². The Morgan fingerprint density at radius 3 is 2.72 bits per heavy atom. The summed E-state index contributed by atoms with van der Waals surface area (Å²) in [5, 5.41) is 0. The number of ether oxygens (including phenoxy) is 1. The van der Waals surface area contributed by atoms with Gasteiger partial charge < -0.3 is 4.74 Å². The van der Waals surface area contributed by atoms with Crippen molar-refractivity contribution in [3.63, 3.8) is 0 Å². The molecule has 0 unspecified atom stereocenters. The van der Waals surface area contributed by atoms with Crippen LogP contribution in [0.25, 0.3) is 5.82 Å². The van der Waals surface area contributed by atoms with Gasteiger partial charge in [0.25, 0.3) is 0 Å². The van der Waals surface area contributed by atoms with Gasteiger partial charge in [-0.25, -0.2) is 14.8 Å². The first-order chi connectivity index (χ1) is 8.63. The number of esters is 1. The van der Waals surface area contributed by atoms with Crippen LogP contribution in [0.3, 0.4) is 0 Å². The number of aryl methyl sites for hydroxylation is 1. The molecule has 0 atom stereocenters. The molecule has 0 bridgehead atoms. The predicted octanol–water partition coefficient (Wildman–Crippen LogP) is 2.06. The Hall–Kier alpha value is -2.17. The monoisotopic (exact) mass is 245 g/mol. The summed E-state index contributed by atoms with van der Waals surface area (Å²) in [6, 6.07) is 3.85. The lowest BCUT2D eigenvalue weighted by atomic mass is 10.3. The Kier molecular flexibility index (Phi) is 3.41. The van der Waals surface area contributed by atoms with Crippen LogP contribution < -0.4 is 0 Å². The average molecular weight is 245 g/mol. The maximum Gasteiger partial charge on any atom is 0.358 e. The van der Waals surface area contributed by atoms with E-state index in [0.717, 1.165) is 17.1 Å². The Morgan fingerprint density at radius 2 is 2.11 bits per heavy atom. The van der Waals surface area contributed by atoms with Crippen molar-refractivity contribution < 1.29 is 9.53 Å². The van der Waals surface area contributed by atoms with E-state index in [1.54, 1.807) is 24.0 Å². The lowest BCUT2D eigenvalue weighted by molar-refractivity contribution is 0.0519. The summed E-state index contributed by atoms with van der Waals surface area (Å²) in [5.41, 5.74) is 2.14. The summed E-state index contributed by atoms with van der Waals surface area (Å²) in [6.45, 7) is 5.90. The fraction of sp³-hybridized carbons (Fsp3) is 0.308. The zero-order chi connectivity index (χ0) is 13.1. The average Bonchev–Trinajstić information content (AvgIpc) is 2.73. The summed E-state index contributed by atoms with van der Waals surface area (Å²) in [5.74, 6) is 0.335. The standard InChI is InChI=1S/C13H15N3O2/c1-4-18-13(17)12-10(3)16(8-15-12)11-6-5-9(2)7-14-11/h5-8H,4H2,1-3H3. The third-order valence-corrected chi connectivity index (χ3v) is 2.62. The number of hydrogen-bond donors (Lipinski definition) is 0. The van der Waals surface area contributed by atoms with Crippen LogP contribution in [-0.4, -0.2) is 27.1 Å². The summed E-state index contributed by atoms with van der Waals surface area (Å²) < 4.78 is 6.71. The highest BCUT2D eigenvalue weighted by atomic mass is 16.5. The van der Waals surface area contributed by atoms with E-state index in [1.165, 1.54) is 0 Å². The molecule has 94 valence electrons. The maximum absolute atomic E-state index is 11.6. The van der Waals surface area contributed by atoms with Gasteiger partial charge in [-0.3, -0.25) is 4.57 Å². The minimum atomic E-state index is -0.402. The van der Waals surface area contributed by atoms with Crippen molar-refractivity contribution >= 4 is 5.97 Å². The molecule has 5 nitrogen and oxygen atoms in total. The molecule has 2 aromatic heterocycles. The van der Waals surface area contributed by atoms with Crippen LogP contribution in [0, 0.1) is 13.8 Å². The molecule has 18 heavy (non-hydrogen) atoms. The van der Waals surface area contributed by atoms with E-state index in [4.69, 9.17) is 4.74 Å². The number of carbonyl (C=O) groups excluding carboxylic acids is 1. The predicted molar refractivity (Wildman–Crippen MR) is 66.8 cm³/mol. The third kappa shape index (κ3) is 2.25. The molecular weight excluding hydrogens is 230 g/mol. The molecule has 0 saturated heterocycles. The van der Waals surface area contributed by atoms with Gasteiger partial charge >= 0.3 is 5.97 Å². The quantitative estimate of drug-likeness (QED) is 0.777. The number of rotatable bonds is 3. The van der Waals surface area contributed by atoms with E-state index in [0.29, 0.717) is 12.3 Å². The van der Waals surface area contributed by atoms with Crippen molar-refractivity contribution in [2.24, 2.45) is 0 Å². The van der Waals surface area contributed by atoms with E-state index < -0.39 is 5.97 Å². The highest BCUT2D eigenvalue weighted by Gasteiger charge is 2.16. The lowest BCUT2D eigenvalue weighted by Gasteiger charge is -2.05. The summed E-state index contributed by atoms with van der Waals surface area (Å²) in [7, 11) is 0. The molecule has 0 spiro atoms. The fourth-order valence-electron chi connectivity index (χ4n) is 1.64. The minimum absolute atomic E-state index is 0.333. The van der Waals surface area contributed by atoms with Crippen LogP contribution in [0.1, 0.15) is 28.7 Å². The fourth-order valence-corrected chi connectivity index (χ4v) is 1.64. The molecule has 0 aliphatic heterocycles. The Balaban J connectivity index is 2.36. The molecule has 0 saturated carbocycles. The molecule has 0 fully saturated rings. The number of nitrogens with zero attached hydrogens (tertiary/aromatic N) is 3. The van der Waals surface area contributed by atoms with Crippen molar-refractivity contribution in [2.75, 3.05) is 6.61 Å². The molecule has 0 aliphatic carbocycles. The first-order valence-corrected chi connectivity index (χ1v) is 5.77. The summed E-state index contributed by atoms with van der Waals surface area (Å²) in [6.07, 6.45) is 3.36. The molecule has 5 heteroatoms. The Labute approximate surface area is 105 Å². The normalized spacial score (nSPS) is 10.4. The van der Waals surface area contributed by atoms with Crippen LogP contribution >= 0.6 is 0 Å². The van der Waals surface area contributed by atoms with Crippen molar-refractivity contribution in [1.82, 2.24) is 14.5 Å². The zero-order valence-electron chi connectivity index (χ0n) is 10.7. The van der Waals surface area contributed by atoms with Crippen LogP contribution in [0.15, 0.2) is 24.7 Å². The van der Waals surface area contributed by atoms with Gasteiger partial charge in [-0.2, -0.15) is 0 Å². The van der Waals surface area contributed by atoms with E-state index in [2.05, 4.69) is 9.97 Å². The second kappa shape index (κ2) is 5.00. The van der Waals surface area contributed by atoms with Crippen molar-refractivity contribution in [2.45, 2.75) is 20.8 Å². The van der Waals surface area contributed by atoms with Gasteiger partial charge in [0.2, 0.25) is 0 Å². The first-order valence-electron chi connectivity index (χ1n) is 5.77. The zero-order valence-corrected chi connectivity index (χ0v) is 10.7. The van der Waals surface area contributed by atoms with E-state index >= 15 is 0 Å². The second-order valence-corrected chi connectivity index (χ2v) is 3.96. The van der Waals surface area contributed by atoms with E-state index in [-0.39, 0.29) is 0 Å². The first kappa shape index (κ1) is 12.3. The molecule has 0 aliphatic rings. The van der Waals surface area contributed by atoms with Crippen LogP contribution in [0.5, 0.6) is 0 Å². The van der Waals surface area contributed by atoms with Gasteiger partial charge in [0.05, 0.1) is 12.3 Å². The van der Waals surface area contributed by atoms with Crippen molar-refractivity contribution in [1.29, 1.82) is 0 Å². The molecular formula is C13H15N3O2. The molecule has 0 amide bonds. The van der Waals surface area contributed by atoms with Gasteiger partial charge in [0.15, 0.2) is 5.69 Å². The van der Waals surface area contributed by atoms with Crippen LogP contribution in [-0.2, 0) is 4.74 Å². The molecule has 0 N–H and O–H groups in total. The van der Waals surface area contributed by atoms with Crippen LogP contribution in [0.2, 0.25) is 0 Å². The highest BCUT2D eigenvalue weighted by molar-refractivity contribution is 5.88. The smallest absolute Gasteiger partial charge is 0.358 e. The SMILES string of the molecule is CCOC(=O)c1ncn(-c2ccc(C)cn2)c1C. The highest BCUT2D eigenvalue weighted by Crippen LogP contribution is 2.13. The molecule has 0 aromatic carbocycles. The Bertz CT molecular complexity index is 558. The van der Waals surface area contributed by atoms with E-state index in [9.17, 15) is 4.79 Å². The number of carbonyl (C=O) groups is 1. The third-order valence-electron chi connectivity index (χ3n) is 2.62. The maximum atomic E-state index is 11.6. The topological polar surface area (TPSA) is 57.0 Å². The van der Waals surface area contributed by atoms with Gasteiger partial charge in [0.1, 0.15) is 12.1 Å². The number of imidazole rings is 1. The van der Waals surface area contributed by atoms with Gasteiger partial charge in [0, 0.05) is 6.20 Å². The van der Waals surface area contributed by atoms with Crippen molar-refractivity contribution in [3.8, 4) is 5.82 Å². The summed E-state index contributed by atoms with van der Waals surface area (Å²) in [4.78, 5) is 20.0. The summed E-state index contributed by atoms with van der Waals surface area (Å²) >= 11 is 0. The van der Waals surface area contributed by atoms with Gasteiger partial charge in [-0.1, -0.05) is 6.07 Å². The molecule has 2 heterocycles.